The van der Waals surface area contributed by atoms with E-state index in [4.69, 9.17) is 0 Å². The van der Waals surface area contributed by atoms with Gasteiger partial charge >= 0.3 is 0 Å². The Bertz CT molecular complexity index is 797. The smallest absolute Gasteiger partial charge is 0.222 e. The molecule has 4 heteroatoms. The molecule has 3 rings (SSSR count). The number of hydrogen-bond donors (Lipinski definition) is 2. The minimum atomic E-state index is -0.478. The molecule has 0 bridgehead atoms. The largest absolute Gasteiger partial charge is 0.392 e. The number of fused-ring (bicyclic) bond motifs is 1. The van der Waals surface area contributed by atoms with Gasteiger partial charge in [-0.1, -0.05) is 48.1 Å². The number of rotatable bonds is 10. The van der Waals surface area contributed by atoms with E-state index in [2.05, 4.69) is 31.2 Å². The molecule has 0 aromatic heterocycles. The Morgan fingerprint density at radius 2 is 2.00 bits per heavy atom. The van der Waals surface area contributed by atoms with Crippen molar-refractivity contribution in [3.05, 3.63) is 59.2 Å². The van der Waals surface area contributed by atoms with Crippen molar-refractivity contribution in [2.45, 2.75) is 70.5 Å². The van der Waals surface area contributed by atoms with Crippen LogP contribution in [0.5, 0.6) is 0 Å². The predicted octanol–water partition coefficient (Wildman–Crippen LogP) is 4.44. The van der Waals surface area contributed by atoms with Gasteiger partial charge in [0, 0.05) is 26.4 Å². The molecule has 2 aliphatic rings. The molecule has 5 atom stereocenters. The quantitative estimate of drug-likeness (QED) is 0.430. The molecule has 170 valence electrons. The lowest BCUT2D eigenvalue weighted by Gasteiger charge is -2.19. The molecular formula is C27H39NO3. The molecule has 1 saturated carbocycles. The lowest BCUT2D eigenvalue weighted by molar-refractivity contribution is -0.128. The molecule has 1 fully saturated rings. The first-order valence-corrected chi connectivity index (χ1v) is 11.8. The van der Waals surface area contributed by atoms with Gasteiger partial charge in [-0.3, -0.25) is 4.79 Å². The van der Waals surface area contributed by atoms with Gasteiger partial charge in [0.05, 0.1) is 12.2 Å². The Labute approximate surface area is 187 Å². The summed E-state index contributed by atoms with van der Waals surface area (Å²) in [6.45, 7) is 2.11. The van der Waals surface area contributed by atoms with E-state index in [1.54, 1.807) is 4.90 Å². The summed E-state index contributed by atoms with van der Waals surface area (Å²) in [4.78, 5) is 13.4. The Morgan fingerprint density at radius 3 is 2.74 bits per heavy atom. The Morgan fingerprint density at radius 1 is 1.23 bits per heavy atom. The van der Waals surface area contributed by atoms with E-state index < -0.39 is 6.10 Å². The van der Waals surface area contributed by atoms with E-state index in [0.717, 1.165) is 38.5 Å². The van der Waals surface area contributed by atoms with Gasteiger partial charge in [-0.05, 0) is 74.8 Å². The maximum absolute atomic E-state index is 11.7. The molecule has 0 unspecified atom stereocenters. The third-order valence-electron chi connectivity index (χ3n) is 7.11. The van der Waals surface area contributed by atoms with Crippen LogP contribution in [0, 0.1) is 24.7 Å². The molecule has 1 amide bonds. The fourth-order valence-corrected chi connectivity index (χ4v) is 5.19. The topological polar surface area (TPSA) is 60.8 Å². The Kier molecular flexibility index (Phi) is 8.50. The van der Waals surface area contributed by atoms with Gasteiger partial charge < -0.3 is 15.1 Å². The Hall–Kier alpha value is -1.91. The second-order valence-corrected chi connectivity index (χ2v) is 9.65. The minimum absolute atomic E-state index is 0.127. The van der Waals surface area contributed by atoms with Crippen molar-refractivity contribution >= 4 is 5.91 Å². The Balaban J connectivity index is 1.44. The maximum atomic E-state index is 11.7. The van der Waals surface area contributed by atoms with Crippen molar-refractivity contribution in [2.24, 2.45) is 17.8 Å². The zero-order valence-corrected chi connectivity index (χ0v) is 19.3. The molecule has 2 N–H and O–H groups in total. The fraction of sp³-hybridized carbons (Fsp3) is 0.593. The number of nitrogens with zero attached hydrogens (tertiary/aromatic N) is 1. The first-order chi connectivity index (χ1) is 14.8. The molecule has 0 aliphatic heterocycles. The molecule has 2 aliphatic carbocycles. The van der Waals surface area contributed by atoms with Crippen molar-refractivity contribution in [3.8, 4) is 0 Å². The molecule has 4 nitrogen and oxygen atoms in total. The zero-order chi connectivity index (χ0) is 22.4. The predicted molar refractivity (Wildman–Crippen MR) is 126 cm³/mol. The molecular weight excluding hydrogens is 386 g/mol. The molecule has 0 spiro atoms. The first-order valence-electron chi connectivity index (χ1n) is 11.8. The maximum Gasteiger partial charge on any atom is 0.222 e. The highest BCUT2D eigenvalue weighted by Crippen LogP contribution is 2.48. The van der Waals surface area contributed by atoms with Gasteiger partial charge in [0.2, 0.25) is 5.91 Å². The van der Waals surface area contributed by atoms with E-state index in [-0.39, 0.29) is 17.9 Å². The van der Waals surface area contributed by atoms with E-state index in [9.17, 15) is 15.0 Å². The van der Waals surface area contributed by atoms with Gasteiger partial charge in [0.1, 0.15) is 0 Å². The van der Waals surface area contributed by atoms with E-state index in [1.165, 1.54) is 16.7 Å². The van der Waals surface area contributed by atoms with Gasteiger partial charge in [0.25, 0.3) is 0 Å². The summed E-state index contributed by atoms with van der Waals surface area (Å²) >= 11 is 0. The summed E-state index contributed by atoms with van der Waals surface area (Å²) in [6.07, 6.45) is 12.6. The van der Waals surface area contributed by atoms with E-state index in [1.807, 2.05) is 32.3 Å². The van der Waals surface area contributed by atoms with Gasteiger partial charge in [-0.25, -0.2) is 0 Å². The number of carbonyl (C=O) groups is 1. The van der Waals surface area contributed by atoms with Crippen LogP contribution in [-0.4, -0.2) is 47.3 Å². The third-order valence-corrected chi connectivity index (χ3v) is 7.11. The van der Waals surface area contributed by atoms with Crippen LogP contribution in [0.1, 0.15) is 56.1 Å². The fourth-order valence-electron chi connectivity index (χ4n) is 5.19. The highest BCUT2D eigenvalue weighted by Gasteiger charge is 2.43. The van der Waals surface area contributed by atoms with Crippen molar-refractivity contribution in [3.63, 3.8) is 0 Å². The van der Waals surface area contributed by atoms with Crippen LogP contribution >= 0.6 is 0 Å². The highest BCUT2D eigenvalue weighted by molar-refractivity contribution is 5.75. The standard InChI is InChI=1S/C27H39NO3/c1-19-8-4-6-10-21(19)12-13-23(29)14-15-24-25-17-20(16-22(25)18-26(24)30)9-5-7-11-27(31)28(2)3/h4,6,8,10,14-16,22-26,29-30H,5,7,9,11-13,17-18H2,1-3H3/b15-14+/t22-,23-,24+,25-,26+/m0/s1. The molecule has 31 heavy (non-hydrogen) atoms. The van der Waals surface area contributed by atoms with Gasteiger partial charge in [0.15, 0.2) is 0 Å². The SMILES string of the molecule is Cc1ccccc1CC[C@H](O)/C=C/[C@@H]1[C@H]2CC(CCCCC(=O)N(C)C)=C[C@H]2C[C@H]1O. The molecule has 1 aromatic carbocycles. The second kappa shape index (κ2) is 11.1. The first kappa shape index (κ1) is 23.7. The monoisotopic (exact) mass is 425 g/mol. The van der Waals surface area contributed by atoms with Crippen molar-refractivity contribution in [1.29, 1.82) is 0 Å². The summed E-state index contributed by atoms with van der Waals surface area (Å²) in [5, 5.41) is 21.0. The van der Waals surface area contributed by atoms with Crippen LogP contribution in [-0.2, 0) is 11.2 Å². The molecule has 0 radical (unpaired) electrons. The van der Waals surface area contributed by atoms with E-state index in [0.29, 0.717) is 24.7 Å². The van der Waals surface area contributed by atoms with Crippen LogP contribution in [0.2, 0.25) is 0 Å². The molecule has 0 heterocycles. The van der Waals surface area contributed by atoms with Crippen molar-refractivity contribution in [1.82, 2.24) is 4.90 Å². The van der Waals surface area contributed by atoms with Gasteiger partial charge in [-0.15, -0.1) is 0 Å². The molecule has 0 saturated heterocycles. The van der Waals surface area contributed by atoms with Crippen LogP contribution < -0.4 is 0 Å². The number of hydrogen-bond acceptors (Lipinski definition) is 3. The van der Waals surface area contributed by atoms with Crippen LogP contribution in [0.4, 0.5) is 0 Å². The average molecular weight is 426 g/mol. The number of benzene rings is 1. The summed E-state index contributed by atoms with van der Waals surface area (Å²) in [5.41, 5.74) is 4.04. The third kappa shape index (κ3) is 6.54. The normalized spacial score (nSPS) is 26.2. The van der Waals surface area contributed by atoms with Crippen LogP contribution in [0.25, 0.3) is 0 Å². The van der Waals surface area contributed by atoms with Crippen LogP contribution in [0.15, 0.2) is 48.1 Å². The van der Waals surface area contributed by atoms with Crippen molar-refractivity contribution in [2.75, 3.05) is 14.1 Å². The number of allylic oxidation sites excluding steroid dienone is 2. The zero-order valence-electron chi connectivity index (χ0n) is 19.3. The minimum Gasteiger partial charge on any atom is -0.392 e. The average Bonchev–Trinajstić information content (AvgIpc) is 3.25. The number of aliphatic hydroxyl groups is 2. The number of aliphatic hydroxyl groups excluding tert-OH is 2. The number of unbranched alkanes of at least 4 members (excludes halogenated alkanes) is 1. The summed E-state index contributed by atoms with van der Waals surface area (Å²) in [5.74, 6) is 1.23. The van der Waals surface area contributed by atoms with E-state index >= 15 is 0 Å². The molecule has 1 aromatic rings. The number of aryl methyl sites for hydroxylation is 2. The van der Waals surface area contributed by atoms with Gasteiger partial charge in [-0.2, -0.15) is 0 Å². The van der Waals surface area contributed by atoms with Crippen LogP contribution in [0.3, 0.4) is 0 Å². The summed E-state index contributed by atoms with van der Waals surface area (Å²) in [6, 6.07) is 8.32. The number of amides is 1. The second-order valence-electron chi connectivity index (χ2n) is 9.65. The summed E-state index contributed by atoms with van der Waals surface area (Å²) < 4.78 is 0. The summed E-state index contributed by atoms with van der Waals surface area (Å²) in [7, 11) is 3.61. The highest BCUT2D eigenvalue weighted by atomic mass is 16.3. The lowest BCUT2D eigenvalue weighted by Crippen LogP contribution is -2.21. The number of carbonyl (C=O) groups excluding carboxylic acids is 1. The lowest BCUT2D eigenvalue weighted by atomic mass is 9.88. The van der Waals surface area contributed by atoms with Crippen molar-refractivity contribution < 1.29 is 15.0 Å².